The third kappa shape index (κ3) is 5.57. The fourth-order valence-corrected chi connectivity index (χ4v) is 3.52. The van der Waals surface area contributed by atoms with Crippen molar-refractivity contribution in [1.82, 2.24) is 15.1 Å². The summed E-state index contributed by atoms with van der Waals surface area (Å²) in [7, 11) is 0. The largest absolute Gasteiger partial charge is 0.344 e. The lowest BCUT2D eigenvalue weighted by molar-refractivity contribution is -0.139. The van der Waals surface area contributed by atoms with Crippen LogP contribution in [0.4, 0.5) is 0 Å². The average Bonchev–Trinajstić information content (AvgIpc) is 2.65. The molecule has 1 aliphatic heterocycles. The first-order chi connectivity index (χ1) is 13.2. The average molecular weight is 388 g/mol. The van der Waals surface area contributed by atoms with Crippen molar-refractivity contribution in [3.05, 3.63) is 35.9 Å². The van der Waals surface area contributed by atoms with E-state index in [1.807, 2.05) is 69.9 Å². The van der Waals surface area contributed by atoms with Crippen LogP contribution in [0.2, 0.25) is 0 Å². The van der Waals surface area contributed by atoms with Crippen molar-refractivity contribution in [2.45, 2.75) is 53.1 Å². The highest BCUT2D eigenvalue weighted by Crippen LogP contribution is 2.17. The molecule has 1 aromatic rings. The highest BCUT2D eigenvalue weighted by Gasteiger charge is 2.34. The predicted molar refractivity (Wildman–Crippen MR) is 110 cm³/mol. The van der Waals surface area contributed by atoms with Crippen LogP contribution in [-0.2, 0) is 9.59 Å². The van der Waals surface area contributed by atoms with Crippen LogP contribution in [0.25, 0.3) is 0 Å². The van der Waals surface area contributed by atoms with Crippen LogP contribution in [0.3, 0.4) is 0 Å². The van der Waals surface area contributed by atoms with Gasteiger partial charge < -0.3 is 15.1 Å². The Kier molecular flexibility index (Phi) is 7.61. The van der Waals surface area contributed by atoms with E-state index in [0.717, 1.165) is 0 Å². The van der Waals surface area contributed by atoms with Crippen molar-refractivity contribution < 1.29 is 14.4 Å². The Bertz CT molecular complexity index is 688. The molecule has 1 N–H and O–H groups in total. The number of hydrogen-bond acceptors (Lipinski definition) is 3. The summed E-state index contributed by atoms with van der Waals surface area (Å²) in [6, 6.07) is 8.60. The van der Waals surface area contributed by atoms with Crippen molar-refractivity contribution in [2.75, 3.05) is 19.6 Å². The molecule has 1 aliphatic rings. The molecule has 6 nitrogen and oxygen atoms in total. The number of hydrogen-bond donors (Lipinski definition) is 1. The third-order valence-electron chi connectivity index (χ3n) is 5.06. The first-order valence-corrected chi connectivity index (χ1v) is 10.1. The van der Waals surface area contributed by atoms with Gasteiger partial charge in [-0.3, -0.25) is 14.4 Å². The molecule has 0 saturated carbocycles. The smallest absolute Gasteiger partial charge is 0.254 e. The lowest BCUT2D eigenvalue weighted by Gasteiger charge is -2.41. The van der Waals surface area contributed by atoms with E-state index < -0.39 is 6.04 Å². The molecule has 28 heavy (non-hydrogen) atoms. The van der Waals surface area contributed by atoms with E-state index in [1.54, 1.807) is 4.90 Å². The second kappa shape index (κ2) is 9.71. The first-order valence-electron chi connectivity index (χ1n) is 10.1. The maximum Gasteiger partial charge on any atom is 0.254 e. The number of piperazine rings is 1. The van der Waals surface area contributed by atoms with E-state index in [-0.39, 0.29) is 35.6 Å². The van der Waals surface area contributed by atoms with E-state index >= 15 is 0 Å². The topological polar surface area (TPSA) is 69.7 Å². The SMILES string of the molecule is CC(C)CC(=O)NC(C(=O)N1CCN(C(=O)c2ccccc2)C(C)C1)C(C)C. The van der Waals surface area contributed by atoms with Gasteiger partial charge in [-0.05, 0) is 30.9 Å². The van der Waals surface area contributed by atoms with Gasteiger partial charge in [-0.25, -0.2) is 0 Å². The van der Waals surface area contributed by atoms with Crippen LogP contribution in [0.1, 0.15) is 51.4 Å². The second-order valence-electron chi connectivity index (χ2n) is 8.39. The molecule has 2 atom stereocenters. The molecule has 1 aromatic carbocycles. The monoisotopic (exact) mass is 387 g/mol. The molecule has 1 fully saturated rings. The van der Waals surface area contributed by atoms with Crippen LogP contribution in [0, 0.1) is 11.8 Å². The minimum absolute atomic E-state index is 0.00268. The predicted octanol–water partition coefficient (Wildman–Crippen LogP) is 2.55. The van der Waals surface area contributed by atoms with E-state index in [4.69, 9.17) is 0 Å². The summed E-state index contributed by atoms with van der Waals surface area (Å²) in [6.45, 7) is 11.2. The second-order valence-corrected chi connectivity index (χ2v) is 8.39. The van der Waals surface area contributed by atoms with Crippen molar-refractivity contribution in [2.24, 2.45) is 11.8 Å². The maximum absolute atomic E-state index is 13.1. The summed E-state index contributed by atoms with van der Waals surface area (Å²) in [5.74, 6) is 0.0861. The van der Waals surface area contributed by atoms with Crippen LogP contribution in [-0.4, -0.2) is 59.2 Å². The minimum Gasteiger partial charge on any atom is -0.344 e. The molecule has 0 radical (unpaired) electrons. The fourth-order valence-electron chi connectivity index (χ4n) is 3.52. The molecule has 0 aromatic heterocycles. The Hall–Kier alpha value is -2.37. The van der Waals surface area contributed by atoms with Crippen LogP contribution in [0.5, 0.6) is 0 Å². The molecule has 1 heterocycles. The van der Waals surface area contributed by atoms with Crippen molar-refractivity contribution in [3.8, 4) is 0 Å². The molecule has 3 amide bonds. The zero-order valence-corrected chi connectivity index (χ0v) is 17.6. The lowest BCUT2D eigenvalue weighted by Crippen LogP contribution is -2.60. The van der Waals surface area contributed by atoms with Gasteiger partial charge in [0.15, 0.2) is 0 Å². The number of carbonyl (C=O) groups is 3. The summed E-state index contributed by atoms with van der Waals surface area (Å²) in [5, 5.41) is 2.91. The number of carbonyl (C=O) groups excluding carboxylic acids is 3. The normalized spacial score (nSPS) is 18.3. The van der Waals surface area contributed by atoms with Crippen molar-refractivity contribution in [1.29, 1.82) is 0 Å². The van der Waals surface area contributed by atoms with Gasteiger partial charge in [0, 0.05) is 37.7 Å². The highest BCUT2D eigenvalue weighted by atomic mass is 16.2. The summed E-state index contributed by atoms with van der Waals surface area (Å²) in [5.41, 5.74) is 0.662. The summed E-state index contributed by atoms with van der Waals surface area (Å²) in [6.07, 6.45) is 0.409. The zero-order valence-electron chi connectivity index (χ0n) is 17.6. The van der Waals surface area contributed by atoms with Gasteiger partial charge in [0.25, 0.3) is 5.91 Å². The fraction of sp³-hybridized carbons (Fsp3) is 0.591. The third-order valence-corrected chi connectivity index (χ3v) is 5.06. The first kappa shape index (κ1) is 21.9. The Balaban J connectivity index is 2.01. The van der Waals surface area contributed by atoms with Gasteiger partial charge >= 0.3 is 0 Å². The molecule has 6 heteroatoms. The molecule has 154 valence electrons. The molecule has 0 spiro atoms. The molecule has 2 unspecified atom stereocenters. The number of nitrogens with zero attached hydrogens (tertiary/aromatic N) is 2. The van der Waals surface area contributed by atoms with Crippen molar-refractivity contribution in [3.63, 3.8) is 0 Å². The Morgan fingerprint density at radius 3 is 2.25 bits per heavy atom. The number of amides is 3. The van der Waals surface area contributed by atoms with Gasteiger partial charge in [-0.15, -0.1) is 0 Å². The number of benzene rings is 1. The number of rotatable bonds is 6. The Morgan fingerprint density at radius 1 is 1.07 bits per heavy atom. The molecule has 2 rings (SSSR count). The van der Waals surface area contributed by atoms with Gasteiger partial charge in [0.05, 0.1) is 0 Å². The van der Waals surface area contributed by atoms with E-state index in [9.17, 15) is 14.4 Å². The van der Waals surface area contributed by atoms with Gasteiger partial charge in [-0.1, -0.05) is 45.9 Å². The van der Waals surface area contributed by atoms with Crippen molar-refractivity contribution >= 4 is 17.7 Å². The molecule has 1 saturated heterocycles. The molecule has 0 aliphatic carbocycles. The quantitative estimate of drug-likeness (QED) is 0.816. The summed E-state index contributed by atoms with van der Waals surface area (Å²) < 4.78 is 0. The summed E-state index contributed by atoms with van der Waals surface area (Å²) in [4.78, 5) is 41.6. The Labute approximate surface area is 168 Å². The minimum atomic E-state index is -0.533. The van der Waals surface area contributed by atoms with Crippen LogP contribution >= 0.6 is 0 Å². The highest BCUT2D eigenvalue weighted by molar-refractivity contribution is 5.94. The zero-order chi connectivity index (χ0) is 20.8. The molecular formula is C22H33N3O3. The van der Waals surface area contributed by atoms with E-state index in [2.05, 4.69) is 5.32 Å². The summed E-state index contributed by atoms with van der Waals surface area (Å²) >= 11 is 0. The van der Waals surface area contributed by atoms with Gasteiger partial charge in [0.2, 0.25) is 11.8 Å². The Morgan fingerprint density at radius 2 is 1.71 bits per heavy atom. The molecular weight excluding hydrogens is 354 g/mol. The van der Waals surface area contributed by atoms with E-state index in [0.29, 0.717) is 31.6 Å². The van der Waals surface area contributed by atoms with E-state index in [1.165, 1.54) is 0 Å². The number of nitrogens with one attached hydrogen (secondary N) is 1. The van der Waals surface area contributed by atoms with Crippen LogP contribution < -0.4 is 5.32 Å². The lowest BCUT2D eigenvalue weighted by atomic mass is 10.0. The molecule has 0 bridgehead atoms. The standard InChI is InChI=1S/C22H33N3O3/c1-15(2)13-19(26)23-20(16(3)4)22(28)24-11-12-25(17(5)14-24)21(27)18-9-7-6-8-10-18/h6-10,15-17,20H,11-14H2,1-5H3,(H,23,26). The van der Waals surface area contributed by atoms with Gasteiger partial charge in [0.1, 0.15) is 6.04 Å². The van der Waals surface area contributed by atoms with Gasteiger partial charge in [-0.2, -0.15) is 0 Å². The maximum atomic E-state index is 13.1. The van der Waals surface area contributed by atoms with Crippen LogP contribution in [0.15, 0.2) is 30.3 Å².